The fourth-order valence-corrected chi connectivity index (χ4v) is 2.12. The highest BCUT2D eigenvalue weighted by Crippen LogP contribution is 2.39. The third-order valence-corrected chi connectivity index (χ3v) is 3.31. The highest BCUT2D eigenvalue weighted by Gasteiger charge is 2.34. The van der Waals surface area contributed by atoms with Gasteiger partial charge in [0, 0.05) is 17.8 Å². The van der Waals surface area contributed by atoms with Gasteiger partial charge in [-0.25, -0.2) is 0 Å². The number of rotatable bonds is 3. The Balaban J connectivity index is 0.00000162. The van der Waals surface area contributed by atoms with Crippen LogP contribution in [0.15, 0.2) is 24.3 Å². The van der Waals surface area contributed by atoms with E-state index in [-0.39, 0.29) is 30.4 Å². The summed E-state index contributed by atoms with van der Waals surface area (Å²) in [6, 6.07) is 8.06. The molecular weight excluding hydrogens is 283 g/mol. The molecule has 0 aliphatic heterocycles. The summed E-state index contributed by atoms with van der Waals surface area (Å²) in [6.07, 6.45) is 3.32. The van der Waals surface area contributed by atoms with E-state index in [0.29, 0.717) is 5.96 Å². The number of nitrogens with two attached hydrogens (primary N) is 1. The van der Waals surface area contributed by atoms with Gasteiger partial charge in [0.25, 0.3) is 0 Å². The first-order valence-corrected chi connectivity index (χ1v) is 6.13. The lowest BCUT2D eigenvalue weighted by atomic mass is 9.73. The normalized spacial score (nSPS) is 15.3. The molecule has 1 aliphatic carbocycles. The predicted molar refractivity (Wildman–Crippen MR) is 85.7 cm³/mol. The Hall–Kier alpha value is -0.970. The standard InChI is InChI=1S/C13H20N4.2ClH/c1-2-16-12(14)17-11-6-3-5-10(9-11)13(15)7-4-8-13;;/h3,5-6,9H,2,4,7-8,15H2,1H3,(H3,14,16,17);2*1H. The van der Waals surface area contributed by atoms with Crippen LogP contribution in [0.2, 0.25) is 0 Å². The van der Waals surface area contributed by atoms with Crippen LogP contribution < -0.4 is 16.4 Å². The molecule has 0 unspecified atom stereocenters. The monoisotopic (exact) mass is 304 g/mol. The Morgan fingerprint density at radius 2 is 2.05 bits per heavy atom. The van der Waals surface area contributed by atoms with Crippen LogP contribution in [0, 0.1) is 5.41 Å². The second-order valence-corrected chi connectivity index (χ2v) is 4.62. The maximum Gasteiger partial charge on any atom is 0.192 e. The van der Waals surface area contributed by atoms with Gasteiger partial charge in [-0.1, -0.05) is 12.1 Å². The minimum absolute atomic E-state index is 0. The molecule has 1 saturated carbocycles. The van der Waals surface area contributed by atoms with Crippen LogP contribution in [0.3, 0.4) is 0 Å². The van der Waals surface area contributed by atoms with E-state index >= 15 is 0 Å². The Bertz CT molecular complexity index is 419. The lowest BCUT2D eigenvalue weighted by Gasteiger charge is -2.38. The van der Waals surface area contributed by atoms with Crippen LogP contribution in [0.25, 0.3) is 0 Å². The van der Waals surface area contributed by atoms with Gasteiger partial charge in [0.05, 0.1) is 0 Å². The van der Waals surface area contributed by atoms with Crippen molar-refractivity contribution < 1.29 is 0 Å². The van der Waals surface area contributed by atoms with Gasteiger partial charge in [0.1, 0.15) is 0 Å². The van der Waals surface area contributed by atoms with E-state index in [1.54, 1.807) is 0 Å². The molecule has 1 fully saturated rings. The molecule has 1 aromatic rings. The minimum atomic E-state index is -0.141. The van der Waals surface area contributed by atoms with Gasteiger partial charge in [-0.05, 0) is 43.9 Å². The largest absolute Gasteiger partial charge is 0.357 e. The molecule has 2 rings (SSSR count). The van der Waals surface area contributed by atoms with Crippen LogP contribution in [-0.2, 0) is 5.54 Å². The molecule has 1 aromatic carbocycles. The van der Waals surface area contributed by atoms with Gasteiger partial charge in [-0.15, -0.1) is 24.8 Å². The van der Waals surface area contributed by atoms with Gasteiger partial charge in [-0.2, -0.15) is 0 Å². The molecule has 0 aromatic heterocycles. The molecule has 4 nitrogen and oxygen atoms in total. The number of anilines is 1. The number of hydrogen-bond acceptors (Lipinski definition) is 2. The Labute approximate surface area is 126 Å². The first kappa shape index (κ1) is 18.0. The highest BCUT2D eigenvalue weighted by molar-refractivity contribution is 5.91. The van der Waals surface area contributed by atoms with E-state index in [1.165, 1.54) is 6.42 Å². The van der Waals surface area contributed by atoms with Gasteiger partial charge in [0.2, 0.25) is 0 Å². The first-order chi connectivity index (χ1) is 8.14. The van der Waals surface area contributed by atoms with E-state index in [1.807, 2.05) is 25.1 Å². The summed E-state index contributed by atoms with van der Waals surface area (Å²) in [5.41, 5.74) is 8.23. The molecule has 5 N–H and O–H groups in total. The minimum Gasteiger partial charge on any atom is -0.357 e. The summed E-state index contributed by atoms with van der Waals surface area (Å²) in [6.45, 7) is 2.71. The summed E-state index contributed by atoms with van der Waals surface area (Å²) in [7, 11) is 0. The number of hydrogen-bond donors (Lipinski definition) is 4. The number of nitrogens with one attached hydrogen (secondary N) is 3. The third-order valence-electron chi connectivity index (χ3n) is 3.31. The zero-order chi connectivity index (χ0) is 12.3. The first-order valence-electron chi connectivity index (χ1n) is 6.13. The fourth-order valence-electron chi connectivity index (χ4n) is 2.12. The quantitative estimate of drug-likeness (QED) is 0.512. The van der Waals surface area contributed by atoms with Crippen LogP contribution >= 0.6 is 24.8 Å². The van der Waals surface area contributed by atoms with Gasteiger partial charge in [-0.3, -0.25) is 5.41 Å². The SMILES string of the molecule is CCNC(=N)Nc1cccc(C2(N)CCC2)c1.Cl.Cl. The van der Waals surface area contributed by atoms with Gasteiger partial charge < -0.3 is 16.4 Å². The van der Waals surface area contributed by atoms with Crippen molar-refractivity contribution in [3.8, 4) is 0 Å². The molecule has 0 saturated heterocycles. The molecule has 0 spiro atoms. The zero-order valence-corrected chi connectivity index (χ0v) is 12.7. The van der Waals surface area contributed by atoms with Gasteiger partial charge >= 0.3 is 0 Å². The molecule has 108 valence electrons. The third kappa shape index (κ3) is 4.27. The molecule has 1 aliphatic rings. The lowest BCUT2D eigenvalue weighted by Crippen LogP contribution is -2.43. The molecule has 0 heterocycles. The van der Waals surface area contributed by atoms with Gasteiger partial charge in [0.15, 0.2) is 5.96 Å². The van der Waals surface area contributed by atoms with Crippen molar-refractivity contribution in [2.24, 2.45) is 5.73 Å². The summed E-state index contributed by atoms with van der Waals surface area (Å²) >= 11 is 0. The van der Waals surface area contributed by atoms with Crippen molar-refractivity contribution in [2.45, 2.75) is 31.7 Å². The smallest absolute Gasteiger partial charge is 0.192 e. The number of halogens is 2. The van der Waals surface area contributed by atoms with Crippen LogP contribution in [-0.4, -0.2) is 12.5 Å². The fraction of sp³-hybridized carbons (Fsp3) is 0.462. The number of benzene rings is 1. The Morgan fingerprint density at radius 1 is 1.37 bits per heavy atom. The Morgan fingerprint density at radius 3 is 2.58 bits per heavy atom. The Kier molecular flexibility index (Phi) is 7.19. The maximum atomic E-state index is 7.66. The summed E-state index contributed by atoms with van der Waals surface area (Å²) < 4.78 is 0. The lowest BCUT2D eigenvalue weighted by molar-refractivity contribution is 0.254. The van der Waals surface area contributed by atoms with Crippen LogP contribution in [0.5, 0.6) is 0 Å². The summed E-state index contributed by atoms with van der Waals surface area (Å²) in [5, 5.41) is 13.6. The highest BCUT2D eigenvalue weighted by atomic mass is 35.5. The van der Waals surface area contributed by atoms with Crippen molar-refractivity contribution in [3.63, 3.8) is 0 Å². The van der Waals surface area contributed by atoms with E-state index in [2.05, 4.69) is 16.7 Å². The van der Waals surface area contributed by atoms with Crippen LogP contribution in [0.4, 0.5) is 5.69 Å². The van der Waals surface area contributed by atoms with E-state index in [0.717, 1.165) is 30.6 Å². The molecule has 0 bridgehead atoms. The average Bonchev–Trinajstić information content (AvgIpc) is 2.26. The average molecular weight is 305 g/mol. The molecule has 19 heavy (non-hydrogen) atoms. The molecule has 6 heteroatoms. The molecule has 0 amide bonds. The second-order valence-electron chi connectivity index (χ2n) is 4.62. The van der Waals surface area contributed by atoms with Crippen molar-refractivity contribution in [1.82, 2.24) is 5.32 Å². The van der Waals surface area contributed by atoms with Crippen molar-refractivity contribution in [1.29, 1.82) is 5.41 Å². The molecular formula is C13H22Cl2N4. The van der Waals surface area contributed by atoms with Crippen molar-refractivity contribution in [2.75, 3.05) is 11.9 Å². The van der Waals surface area contributed by atoms with Crippen molar-refractivity contribution >= 4 is 36.5 Å². The predicted octanol–water partition coefficient (Wildman–Crippen LogP) is 2.82. The second kappa shape index (κ2) is 7.58. The van der Waals surface area contributed by atoms with Crippen molar-refractivity contribution in [3.05, 3.63) is 29.8 Å². The van der Waals surface area contributed by atoms with E-state index < -0.39 is 0 Å². The summed E-state index contributed by atoms with van der Waals surface area (Å²) in [4.78, 5) is 0. The topological polar surface area (TPSA) is 73.9 Å². The maximum absolute atomic E-state index is 7.66. The van der Waals surface area contributed by atoms with E-state index in [4.69, 9.17) is 11.1 Å². The van der Waals surface area contributed by atoms with Crippen LogP contribution in [0.1, 0.15) is 31.7 Å². The van der Waals surface area contributed by atoms with E-state index in [9.17, 15) is 0 Å². The molecule has 0 radical (unpaired) electrons. The summed E-state index contributed by atoms with van der Waals surface area (Å²) in [5.74, 6) is 0.323. The molecule has 0 atom stereocenters. The number of guanidine groups is 1. The zero-order valence-electron chi connectivity index (χ0n) is 11.0.